The number of likely N-dealkylation sites (tertiary alicyclic amines) is 1. The summed E-state index contributed by atoms with van der Waals surface area (Å²) in [6.45, 7) is 0.429. The molecule has 94 valence electrons. The summed E-state index contributed by atoms with van der Waals surface area (Å²) in [5.74, 6) is 0.531. The Morgan fingerprint density at radius 1 is 1.22 bits per heavy atom. The number of amides is 2. The summed E-state index contributed by atoms with van der Waals surface area (Å²) in [5.41, 5.74) is 0. The van der Waals surface area contributed by atoms with Gasteiger partial charge in [0.05, 0.1) is 11.8 Å². The number of imide groups is 1. The van der Waals surface area contributed by atoms with Crippen LogP contribution in [0.15, 0.2) is 24.5 Å². The topological polar surface area (TPSA) is 66.1 Å². The lowest BCUT2D eigenvalue weighted by molar-refractivity contribution is -0.139. The molecule has 5 nitrogen and oxygen atoms in total. The van der Waals surface area contributed by atoms with E-state index in [1.54, 1.807) is 12.4 Å². The van der Waals surface area contributed by atoms with Crippen molar-refractivity contribution in [1.82, 2.24) is 14.9 Å². The van der Waals surface area contributed by atoms with Gasteiger partial charge in [0, 0.05) is 25.4 Å². The molecule has 0 unspecified atom stereocenters. The Kier molecular flexibility index (Phi) is 2.74. The second-order valence-corrected chi connectivity index (χ2v) is 4.77. The molecule has 0 radical (unpaired) electrons. The van der Waals surface area contributed by atoms with Gasteiger partial charge in [-0.1, -0.05) is 12.2 Å². The lowest BCUT2D eigenvalue weighted by atomic mass is 9.85. The Labute approximate surface area is 105 Å². The Balaban J connectivity index is 1.70. The highest BCUT2D eigenvalue weighted by Crippen LogP contribution is 2.34. The van der Waals surface area contributed by atoms with E-state index in [0.29, 0.717) is 25.8 Å². The van der Waals surface area contributed by atoms with Crippen LogP contribution in [0.1, 0.15) is 18.7 Å². The fourth-order valence-electron chi connectivity index (χ4n) is 2.74. The van der Waals surface area contributed by atoms with Crippen LogP contribution in [0.4, 0.5) is 0 Å². The van der Waals surface area contributed by atoms with Crippen LogP contribution in [0.2, 0.25) is 0 Å². The number of aromatic nitrogens is 2. The van der Waals surface area contributed by atoms with Crippen LogP contribution < -0.4 is 0 Å². The third kappa shape index (κ3) is 1.75. The van der Waals surface area contributed by atoms with Crippen molar-refractivity contribution in [2.24, 2.45) is 11.8 Å². The standard InChI is InChI=1S/C13H15N3O2/c17-12-9-3-1-2-4-10(9)13(18)16(12)8-5-11-14-6-7-15-11/h1-2,6-7,9-10H,3-5,8H2,(H,14,15)/t9-,10+. The number of imidazole rings is 1. The number of rotatable bonds is 3. The summed E-state index contributed by atoms with van der Waals surface area (Å²) in [7, 11) is 0. The van der Waals surface area contributed by atoms with Gasteiger partial charge in [-0.25, -0.2) is 4.98 Å². The molecule has 3 rings (SSSR count). The zero-order valence-electron chi connectivity index (χ0n) is 10.0. The quantitative estimate of drug-likeness (QED) is 0.635. The molecular formula is C13H15N3O2. The summed E-state index contributed by atoms with van der Waals surface area (Å²) >= 11 is 0. The summed E-state index contributed by atoms with van der Waals surface area (Å²) < 4.78 is 0. The van der Waals surface area contributed by atoms with Crippen molar-refractivity contribution in [3.8, 4) is 0 Å². The fourth-order valence-corrected chi connectivity index (χ4v) is 2.74. The van der Waals surface area contributed by atoms with Crippen LogP contribution in [-0.4, -0.2) is 33.2 Å². The number of nitrogens with one attached hydrogen (secondary N) is 1. The number of hydrogen-bond acceptors (Lipinski definition) is 3. The minimum Gasteiger partial charge on any atom is -0.349 e. The Morgan fingerprint density at radius 2 is 1.89 bits per heavy atom. The molecular weight excluding hydrogens is 230 g/mol. The van der Waals surface area contributed by atoms with Crippen LogP contribution in [0.5, 0.6) is 0 Å². The summed E-state index contributed by atoms with van der Waals surface area (Å²) in [4.78, 5) is 32.8. The van der Waals surface area contributed by atoms with Crippen LogP contribution in [0.25, 0.3) is 0 Å². The van der Waals surface area contributed by atoms with Crippen molar-refractivity contribution in [3.05, 3.63) is 30.4 Å². The number of H-pyrrole nitrogens is 1. The first-order chi connectivity index (χ1) is 8.77. The van der Waals surface area contributed by atoms with Crippen LogP contribution >= 0.6 is 0 Å². The third-order valence-electron chi connectivity index (χ3n) is 3.73. The van der Waals surface area contributed by atoms with Gasteiger partial charge in [0.15, 0.2) is 0 Å². The second-order valence-electron chi connectivity index (χ2n) is 4.77. The summed E-state index contributed by atoms with van der Waals surface area (Å²) in [5, 5.41) is 0. The highest BCUT2D eigenvalue weighted by Gasteiger charge is 2.46. The zero-order chi connectivity index (χ0) is 12.5. The average molecular weight is 245 g/mol. The lowest BCUT2D eigenvalue weighted by Gasteiger charge is -2.14. The first-order valence-electron chi connectivity index (χ1n) is 6.26. The number of allylic oxidation sites excluding steroid dienone is 2. The van der Waals surface area contributed by atoms with Crippen LogP contribution in [0.3, 0.4) is 0 Å². The minimum atomic E-state index is -0.126. The maximum Gasteiger partial charge on any atom is 0.233 e. The van der Waals surface area contributed by atoms with E-state index in [2.05, 4.69) is 9.97 Å². The molecule has 2 aliphatic rings. The summed E-state index contributed by atoms with van der Waals surface area (Å²) in [6, 6.07) is 0. The van der Waals surface area contributed by atoms with E-state index < -0.39 is 0 Å². The number of aromatic amines is 1. The molecule has 0 spiro atoms. The van der Waals surface area contributed by atoms with Gasteiger partial charge in [-0.05, 0) is 12.8 Å². The molecule has 0 saturated carbocycles. The van der Waals surface area contributed by atoms with Crippen molar-refractivity contribution < 1.29 is 9.59 Å². The van der Waals surface area contributed by atoms with Gasteiger partial charge in [-0.3, -0.25) is 14.5 Å². The number of carbonyl (C=O) groups excluding carboxylic acids is 2. The number of hydrogen-bond donors (Lipinski definition) is 1. The summed E-state index contributed by atoms with van der Waals surface area (Å²) in [6.07, 6.45) is 9.42. The van der Waals surface area contributed by atoms with E-state index in [1.165, 1.54) is 4.90 Å². The van der Waals surface area contributed by atoms with Gasteiger partial charge < -0.3 is 4.98 Å². The Hall–Kier alpha value is -1.91. The molecule has 0 bridgehead atoms. The van der Waals surface area contributed by atoms with E-state index in [1.807, 2.05) is 12.2 Å². The van der Waals surface area contributed by atoms with Gasteiger partial charge in [0.25, 0.3) is 0 Å². The van der Waals surface area contributed by atoms with E-state index in [0.717, 1.165) is 5.82 Å². The molecule has 2 heterocycles. The van der Waals surface area contributed by atoms with E-state index in [-0.39, 0.29) is 23.7 Å². The van der Waals surface area contributed by atoms with Gasteiger partial charge in [0.2, 0.25) is 11.8 Å². The molecule has 1 aromatic rings. The number of fused-ring (bicyclic) bond motifs is 1. The zero-order valence-corrected chi connectivity index (χ0v) is 10.0. The predicted octanol–water partition coefficient (Wildman–Crippen LogP) is 0.903. The maximum absolute atomic E-state index is 12.2. The van der Waals surface area contributed by atoms with Gasteiger partial charge >= 0.3 is 0 Å². The Bertz CT molecular complexity index is 466. The molecule has 1 saturated heterocycles. The molecule has 1 aromatic heterocycles. The largest absolute Gasteiger partial charge is 0.349 e. The SMILES string of the molecule is O=C1[C@H]2CC=CC[C@H]2C(=O)N1CCc1ncc[nH]1. The molecule has 1 fully saturated rings. The van der Waals surface area contributed by atoms with Crippen molar-refractivity contribution in [2.45, 2.75) is 19.3 Å². The Morgan fingerprint density at radius 3 is 2.44 bits per heavy atom. The van der Waals surface area contributed by atoms with E-state index >= 15 is 0 Å². The minimum absolute atomic E-state index is 0.0130. The molecule has 1 aliphatic heterocycles. The van der Waals surface area contributed by atoms with Crippen molar-refractivity contribution in [1.29, 1.82) is 0 Å². The first-order valence-corrected chi connectivity index (χ1v) is 6.26. The van der Waals surface area contributed by atoms with Crippen LogP contribution in [0, 0.1) is 11.8 Å². The first kappa shape index (κ1) is 11.2. The molecule has 2 amide bonds. The monoisotopic (exact) mass is 245 g/mol. The highest BCUT2D eigenvalue weighted by molar-refractivity contribution is 6.05. The number of nitrogens with zero attached hydrogens (tertiary/aromatic N) is 2. The maximum atomic E-state index is 12.2. The smallest absolute Gasteiger partial charge is 0.233 e. The molecule has 18 heavy (non-hydrogen) atoms. The molecule has 5 heteroatoms. The van der Waals surface area contributed by atoms with E-state index in [4.69, 9.17) is 0 Å². The van der Waals surface area contributed by atoms with Crippen LogP contribution in [-0.2, 0) is 16.0 Å². The highest BCUT2D eigenvalue weighted by atomic mass is 16.2. The van der Waals surface area contributed by atoms with Gasteiger partial charge in [0.1, 0.15) is 5.82 Å². The number of carbonyl (C=O) groups is 2. The lowest BCUT2D eigenvalue weighted by Crippen LogP contribution is -2.33. The fraction of sp³-hybridized carbons (Fsp3) is 0.462. The third-order valence-corrected chi connectivity index (χ3v) is 3.73. The van der Waals surface area contributed by atoms with Crippen molar-refractivity contribution in [3.63, 3.8) is 0 Å². The van der Waals surface area contributed by atoms with Crippen molar-refractivity contribution in [2.75, 3.05) is 6.54 Å². The average Bonchev–Trinajstić information content (AvgIpc) is 2.98. The van der Waals surface area contributed by atoms with Crippen molar-refractivity contribution >= 4 is 11.8 Å². The predicted molar refractivity (Wildman–Crippen MR) is 64.4 cm³/mol. The van der Waals surface area contributed by atoms with Gasteiger partial charge in [-0.2, -0.15) is 0 Å². The normalized spacial score (nSPS) is 26.8. The van der Waals surface area contributed by atoms with Gasteiger partial charge in [-0.15, -0.1) is 0 Å². The molecule has 0 aromatic carbocycles. The molecule has 1 N–H and O–H groups in total. The molecule has 2 atom stereocenters. The molecule has 1 aliphatic carbocycles. The van der Waals surface area contributed by atoms with E-state index in [9.17, 15) is 9.59 Å². The second kappa shape index (κ2) is 4.40.